The average Bonchev–Trinajstić information content (AvgIpc) is 2.53. The van der Waals surface area contributed by atoms with Crippen LogP contribution in [-0.4, -0.2) is 39.8 Å². The summed E-state index contributed by atoms with van der Waals surface area (Å²) in [4.78, 5) is 25.4. The standard InChI is InChI=1S/C17H22N2O2S2/c1-12-7-9-19(10-8-12)17(22)23-11-16(21)14-3-5-15(6-4-14)18-13(2)20/h3-6,12H,7-11H2,1-2H3,(H,18,20). The maximum absolute atomic E-state index is 12.2. The van der Waals surface area contributed by atoms with Gasteiger partial charge in [0.15, 0.2) is 5.78 Å². The van der Waals surface area contributed by atoms with Gasteiger partial charge >= 0.3 is 0 Å². The van der Waals surface area contributed by atoms with Crippen molar-refractivity contribution in [2.45, 2.75) is 26.7 Å². The predicted octanol–water partition coefficient (Wildman–Crippen LogP) is 3.58. The highest BCUT2D eigenvalue weighted by atomic mass is 32.2. The molecule has 1 aromatic carbocycles. The summed E-state index contributed by atoms with van der Waals surface area (Å²) in [6.45, 7) is 5.71. The number of nitrogens with one attached hydrogen (secondary N) is 1. The number of carbonyl (C=O) groups is 2. The zero-order valence-corrected chi connectivity index (χ0v) is 15.1. The molecule has 1 heterocycles. The van der Waals surface area contributed by atoms with E-state index in [9.17, 15) is 9.59 Å². The molecule has 1 aliphatic rings. The minimum absolute atomic E-state index is 0.0529. The number of nitrogens with zero attached hydrogens (tertiary/aromatic N) is 1. The number of rotatable bonds is 4. The van der Waals surface area contributed by atoms with Crippen molar-refractivity contribution in [2.24, 2.45) is 5.92 Å². The van der Waals surface area contributed by atoms with Gasteiger partial charge in [-0.15, -0.1) is 0 Å². The Labute approximate surface area is 147 Å². The van der Waals surface area contributed by atoms with E-state index in [-0.39, 0.29) is 11.7 Å². The molecule has 1 fully saturated rings. The smallest absolute Gasteiger partial charge is 0.221 e. The van der Waals surface area contributed by atoms with Gasteiger partial charge in [0.05, 0.1) is 5.75 Å². The van der Waals surface area contributed by atoms with Crippen LogP contribution in [0, 0.1) is 5.92 Å². The second-order valence-corrected chi connectivity index (χ2v) is 7.52. The lowest BCUT2D eigenvalue weighted by atomic mass is 10.00. The number of amides is 1. The van der Waals surface area contributed by atoms with Crippen LogP contribution >= 0.6 is 24.0 Å². The van der Waals surface area contributed by atoms with E-state index in [1.54, 1.807) is 24.3 Å². The molecule has 1 aromatic rings. The molecule has 0 radical (unpaired) electrons. The average molecular weight is 351 g/mol. The van der Waals surface area contributed by atoms with Gasteiger partial charge in [0.25, 0.3) is 0 Å². The third-order valence-electron chi connectivity index (χ3n) is 3.90. The van der Waals surface area contributed by atoms with Gasteiger partial charge in [-0.1, -0.05) is 30.9 Å². The molecule has 2 rings (SSSR count). The Bertz CT molecular complexity index is 579. The number of benzene rings is 1. The van der Waals surface area contributed by atoms with Crippen LogP contribution in [0.5, 0.6) is 0 Å². The maximum atomic E-state index is 12.2. The lowest BCUT2D eigenvalue weighted by Gasteiger charge is -2.31. The summed E-state index contributed by atoms with van der Waals surface area (Å²) in [5, 5.41) is 2.68. The lowest BCUT2D eigenvalue weighted by Crippen LogP contribution is -2.35. The summed E-state index contributed by atoms with van der Waals surface area (Å²) < 4.78 is 0.820. The molecule has 1 saturated heterocycles. The van der Waals surface area contributed by atoms with E-state index in [1.165, 1.54) is 31.5 Å². The van der Waals surface area contributed by atoms with Gasteiger partial charge in [0, 0.05) is 31.3 Å². The molecule has 0 unspecified atom stereocenters. The van der Waals surface area contributed by atoms with Gasteiger partial charge in [0.2, 0.25) is 5.91 Å². The molecule has 1 N–H and O–H groups in total. The SMILES string of the molecule is CC(=O)Nc1ccc(C(=O)CSC(=S)N2CCC(C)CC2)cc1. The quantitative estimate of drug-likeness (QED) is 0.664. The zero-order chi connectivity index (χ0) is 16.8. The molecule has 6 heteroatoms. The van der Waals surface area contributed by atoms with Crippen molar-refractivity contribution < 1.29 is 9.59 Å². The molecule has 0 atom stereocenters. The summed E-state index contributed by atoms with van der Waals surface area (Å²) >= 11 is 6.88. The zero-order valence-electron chi connectivity index (χ0n) is 13.5. The van der Waals surface area contributed by atoms with Crippen LogP contribution in [0.1, 0.15) is 37.0 Å². The molecule has 0 spiro atoms. The highest BCUT2D eigenvalue weighted by molar-refractivity contribution is 8.23. The molecule has 0 aliphatic carbocycles. The molecule has 1 amide bonds. The molecule has 23 heavy (non-hydrogen) atoms. The Hall–Kier alpha value is -1.40. The molecule has 0 bridgehead atoms. The van der Waals surface area contributed by atoms with E-state index in [0.717, 1.165) is 23.3 Å². The second kappa shape index (κ2) is 8.45. The van der Waals surface area contributed by atoms with Crippen molar-refractivity contribution in [3.63, 3.8) is 0 Å². The Morgan fingerprint density at radius 1 is 1.26 bits per heavy atom. The summed E-state index contributed by atoms with van der Waals surface area (Å²) in [5.41, 5.74) is 1.33. The van der Waals surface area contributed by atoms with Crippen LogP contribution in [0.2, 0.25) is 0 Å². The number of ketones is 1. The third-order valence-corrected chi connectivity index (χ3v) is 5.42. The van der Waals surface area contributed by atoms with Gasteiger partial charge in [0.1, 0.15) is 4.32 Å². The normalized spacial score (nSPS) is 15.3. The number of piperidine rings is 1. The number of thiocarbonyl (C=S) groups is 1. The highest BCUT2D eigenvalue weighted by Crippen LogP contribution is 2.21. The van der Waals surface area contributed by atoms with Crippen LogP contribution in [0.4, 0.5) is 5.69 Å². The molecule has 0 saturated carbocycles. The molecule has 4 nitrogen and oxygen atoms in total. The fraction of sp³-hybridized carbons (Fsp3) is 0.471. The topological polar surface area (TPSA) is 49.4 Å². The van der Waals surface area contributed by atoms with Gasteiger partial charge in [-0.2, -0.15) is 0 Å². The molecule has 124 valence electrons. The predicted molar refractivity (Wildman–Crippen MR) is 100 cm³/mol. The van der Waals surface area contributed by atoms with Crippen molar-refractivity contribution in [2.75, 3.05) is 24.2 Å². The van der Waals surface area contributed by atoms with Crippen LogP contribution < -0.4 is 5.32 Å². The third kappa shape index (κ3) is 5.62. The second-order valence-electron chi connectivity index (χ2n) is 5.91. The van der Waals surface area contributed by atoms with E-state index in [1.807, 2.05) is 0 Å². The van der Waals surface area contributed by atoms with Crippen LogP contribution in [0.15, 0.2) is 24.3 Å². The fourth-order valence-electron chi connectivity index (χ4n) is 2.44. The van der Waals surface area contributed by atoms with Crippen LogP contribution in [0.3, 0.4) is 0 Å². The number of likely N-dealkylation sites (tertiary alicyclic amines) is 1. The van der Waals surface area contributed by atoms with Gasteiger partial charge in [-0.05, 0) is 43.0 Å². The van der Waals surface area contributed by atoms with Gasteiger partial charge < -0.3 is 10.2 Å². The Kier molecular flexibility index (Phi) is 6.59. The van der Waals surface area contributed by atoms with E-state index >= 15 is 0 Å². The first-order valence-corrected chi connectivity index (χ1v) is 9.17. The summed E-state index contributed by atoms with van der Waals surface area (Å²) in [5.74, 6) is 1.05. The van der Waals surface area contributed by atoms with Crippen molar-refractivity contribution >= 4 is 45.7 Å². The van der Waals surface area contributed by atoms with E-state index in [4.69, 9.17) is 12.2 Å². The highest BCUT2D eigenvalue weighted by Gasteiger charge is 2.19. The van der Waals surface area contributed by atoms with E-state index in [0.29, 0.717) is 17.0 Å². The summed E-state index contributed by atoms with van der Waals surface area (Å²) in [6.07, 6.45) is 2.33. The molecule has 0 aromatic heterocycles. The van der Waals surface area contributed by atoms with Crippen LogP contribution in [0.25, 0.3) is 0 Å². The van der Waals surface area contributed by atoms with Crippen molar-refractivity contribution in [3.8, 4) is 0 Å². The lowest BCUT2D eigenvalue weighted by molar-refractivity contribution is -0.114. The number of anilines is 1. The van der Waals surface area contributed by atoms with Gasteiger partial charge in [-0.25, -0.2) is 0 Å². The minimum Gasteiger partial charge on any atom is -0.357 e. The first-order chi connectivity index (χ1) is 11.0. The fourth-order valence-corrected chi connectivity index (χ4v) is 3.58. The minimum atomic E-state index is -0.124. The first kappa shape index (κ1) is 17.9. The maximum Gasteiger partial charge on any atom is 0.221 e. The monoisotopic (exact) mass is 350 g/mol. The molecular formula is C17H22N2O2S2. The number of thioether (sulfide) groups is 1. The summed E-state index contributed by atoms with van der Waals surface area (Å²) in [7, 11) is 0. The molecular weight excluding hydrogens is 328 g/mol. The number of hydrogen-bond donors (Lipinski definition) is 1. The number of carbonyl (C=O) groups excluding carboxylic acids is 2. The van der Waals surface area contributed by atoms with E-state index in [2.05, 4.69) is 17.1 Å². The Morgan fingerprint density at radius 2 is 1.87 bits per heavy atom. The first-order valence-electron chi connectivity index (χ1n) is 7.78. The Morgan fingerprint density at radius 3 is 2.43 bits per heavy atom. The largest absolute Gasteiger partial charge is 0.357 e. The van der Waals surface area contributed by atoms with Gasteiger partial charge in [-0.3, -0.25) is 9.59 Å². The Balaban J connectivity index is 1.82. The van der Waals surface area contributed by atoms with Crippen molar-refractivity contribution in [1.29, 1.82) is 0 Å². The van der Waals surface area contributed by atoms with Crippen molar-refractivity contribution in [1.82, 2.24) is 4.90 Å². The number of hydrogen-bond acceptors (Lipinski definition) is 4. The van der Waals surface area contributed by atoms with Crippen molar-refractivity contribution in [3.05, 3.63) is 29.8 Å². The van der Waals surface area contributed by atoms with E-state index < -0.39 is 0 Å². The summed E-state index contributed by atoms with van der Waals surface area (Å²) in [6, 6.07) is 6.95. The number of Topliss-reactive ketones (excluding diaryl/α,β-unsaturated/α-hetero) is 1. The molecule has 1 aliphatic heterocycles. The van der Waals surface area contributed by atoms with Crippen LogP contribution in [-0.2, 0) is 4.79 Å².